The van der Waals surface area contributed by atoms with Crippen molar-refractivity contribution in [2.75, 3.05) is 23.9 Å². The van der Waals surface area contributed by atoms with Crippen molar-refractivity contribution in [3.05, 3.63) is 120 Å². The minimum Gasteiger partial charge on any atom is -0.457 e. The molecule has 9 heteroatoms. The zero-order valence-electron chi connectivity index (χ0n) is 24.6. The standard InChI is InChI=1S/C34H37N3O5S/c1-4-35-34(39)27(3)36(24-23-28-11-7-5-8-12-28)33(38)25-37(43(40,41)32-21-15-26(2)16-22-32)29-17-19-31(20-18-29)42-30-13-9-6-10-14-30/h5-22,27H,4,23-25H2,1-3H3,(H,35,39)/t27-/m1/s1. The minimum atomic E-state index is -4.15. The average Bonchev–Trinajstić information content (AvgIpc) is 3.01. The lowest BCUT2D eigenvalue weighted by atomic mass is 10.1. The number of sulfonamides is 1. The third-order valence-corrected chi connectivity index (χ3v) is 8.78. The topological polar surface area (TPSA) is 96.0 Å². The van der Waals surface area contributed by atoms with E-state index in [9.17, 15) is 18.0 Å². The predicted molar refractivity (Wildman–Crippen MR) is 169 cm³/mol. The maximum absolute atomic E-state index is 14.0. The Bertz CT molecular complexity index is 1590. The van der Waals surface area contributed by atoms with Crippen LogP contribution in [0.15, 0.2) is 114 Å². The molecular formula is C34H37N3O5S. The van der Waals surface area contributed by atoms with Crippen LogP contribution in [-0.4, -0.2) is 50.8 Å². The molecule has 0 radical (unpaired) electrons. The number of nitrogens with zero attached hydrogens (tertiary/aromatic N) is 2. The second-order valence-electron chi connectivity index (χ2n) is 10.1. The van der Waals surface area contributed by atoms with Crippen molar-refractivity contribution in [1.29, 1.82) is 0 Å². The van der Waals surface area contributed by atoms with Crippen molar-refractivity contribution in [1.82, 2.24) is 10.2 Å². The van der Waals surface area contributed by atoms with Crippen LogP contribution in [0.1, 0.15) is 25.0 Å². The molecule has 1 atom stereocenters. The summed E-state index contributed by atoms with van der Waals surface area (Å²) < 4.78 is 35.0. The Kier molecular flexibility index (Phi) is 10.6. The molecule has 0 heterocycles. The summed E-state index contributed by atoms with van der Waals surface area (Å²) in [7, 11) is -4.15. The minimum absolute atomic E-state index is 0.0584. The number of aryl methyl sites for hydroxylation is 1. The quantitative estimate of drug-likeness (QED) is 0.217. The van der Waals surface area contributed by atoms with Crippen LogP contribution in [-0.2, 0) is 26.0 Å². The number of para-hydroxylation sites is 1. The van der Waals surface area contributed by atoms with Gasteiger partial charge in [0.1, 0.15) is 24.1 Å². The van der Waals surface area contributed by atoms with Gasteiger partial charge >= 0.3 is 0 Å². The zero-order chi connectivity index (χ0) is 30.8. The lowest BCUT2D eigenvalue weighted by Crippen LogP contribution is -2.52. The first kappa shape index (κ1) is 31.3. The van der Waals surface area contributed by atoms with E-state index in [1.165, 1.54) is 17.0 Å². The fourth-order valence-corrected chi connectivity index (χ4v) is 5.98. The highest BCUT2D eigenvalue weighted by Gasteiger charge is 2.32. The van der Waals surface area contributed by atoms with Crippen molar-refractivity contribution >= 4 is 27.5 Å². The van der Waals surface area contributed by atoms with Crippen LogP contribution in [0.3, 0.4) is 0 Å². The SMILES string of the molecule is CCNC(=O)[C@@H](C)N(CCc1ccccc1)C(=O)CN(c1ccc(Oc2ccccc2)cc1)S(=O)(=O)c1ccc(C)cc1. The van der Waals surface area contributed by atoms with E-state index < -0.39 is 28.5 Å². The lowest BCUT2D eigenvalue weighted by Gasteiger charge is -2.32. The fourth-order valence-electron chi connectivity index (χ4n) is 4.56. The highest BCUT2D eigenvalue weighted by molar-refractivity contribution is 7.92. The normalized spacial score (nSPS) is 11.8. The number of nitrogens with one attached hydrogen (secondary N) is 1. The molecule has 0 aromatic heterocycles. The molecule has 0 spiro atoms. The van der Waals surface area contributed by atoms with Crippen molar-refractivity contribution in [2.45, 2.75) is 38.1 Å². The van der Waals surface area contributed by atoms with Crippen LogP contribution in [0.2, 0.25) is 0 Å². The van der Waals surface area contributed by atoms with E-state index in [0.29, 0.717) is 30.2 Å². The Morgan fingerprint density at radius 1 is 0.814 bits per heavy atom. The van der Waals surface area contributed by atoms with Crippen LogP contribution >= 0.6 is 0 Å². The van der Waals surface area contributed by atoms with Crippen molar-refractivity contribution in [2.24, 2.45) is 0 Å². The fraction of sp³-hybridized carbons (Fsp3) is 0.235. The van der Waals surface area contributed by atoms with Gasteiger partial charge < -0.3 is 15.0 Å². The lowest BCUT2D eigenvalue weighted by molar-refractivity contribution is -0.138. The summed E-state index contributed by atoms with van der Waals surface area (Å²) >= 11 is 0. The van der Waals surface area contributed by atoms with Crippen molar-refractivity contribution in [3.63, 3.8) is 0 Å². The van der Waals surface area contributed by atoms with Gasteiger partial charge in [-0.25, -0.2) is 8.42 Å². The summed E-state index contributed by atoms with van der Waals surface area (Å²) in [5, 5.41) is 2.77. The molecule has 2 amide bonds. The molecule has 224 valence electrons. The first-order valence-corrected chi connectivity index (χ1v) is 15.7. The Hall–Kier alpha value is -4.63. The molecule has 0 saturated heterocycles. The molecule has 43 heavy (non-hydrogen) atoms. The summed E-state index contributed by atoms with van der Waals surface area (Å²) in [6, 6.07) is 31.1. The summed E-state index contributed by atoms with van der Waals surface area (Å²) in [5.74, 6) is 0.362. The smallest absolute Gasteiger partial charge is 0.264 e. The summed E-state index contributed by atoms with van der Waals surface area (Å²) in [6.45, 7) is 5.49. The summed E-state index contributed by atoms with van der Waals surface area (Å²) in [6.07, 6.45) is 0.507. The van der Waals surface area contributed by atoms with Crippen LogP contribution < -0.4 is 14.4 Å². The van der Waals surface area contributed by atoms with Gasteiger partial charge in [-0.2, -0.15) is 0 Å². The Labute approximate surface area is 254 Å². The molecule has 0 fully saturated rings. The number of rotatable bonds is 13. The molecule has 8 nitrogen and oxygen atoms in total. The van der Waals surface area contributed by atoms with E-state index in [-0.39, 0.29) is 17.3 Å². The maximum Gasteiger partial charge on any atom is 0.264 e. The van der Waals surface area contributed by atoms with Gasteiger partial charge in [0.15, 0.2) is 0 Å². The van der Waals surface area contributed by atoms with Crippen molar-refractivity contribution < 1.29 is 22.7 Å². The Morgan fingerprint density at radius 3 is 2.00 bits per heavy atom. The van der Waals surface area contributed by atoms with E-state index in [2.05, 4.69) is 5.32 Å². The third-order valence-electron chi connectivity index (χ3n) is 6.99. The van der Waals surface area contributed by atoms with Crippen molar-refractivity contribution in [3.8, 4) is 11.5 Å². The number of anilines is 1. The van der Waals surface area contributed by atoms with Crippen LogP contribution in [0.5, 0.6) is 11.5 Å². The van der Waals surface area contributed by atoms with Gasteiger partial charge in [-0.15, -0.1) is 0 Å². The molecule has 4 rings (SSSR count). The van der Waals surface area contributed by atoms with E-state index in [1.807, 2.05) is 74.5 Å². The van der Waals surface area contributed by atoms with Crippen LogP contribution in [0, 0.1) is 6.92 Å². The molecule has 0 aliphatic rings. The van der Waals surface area contributed by atoms with Gasteiger partial charge in [0, 0.05) is 13.1 Å². The molecule has 4 aromatic carbocycles. The monoisotopic (exact) mass is 599 g/mol. The molecular weight excluding hydrogens is 562 g/mol. The molecule has 0 aliphatic heterocycles. The van der Waals surface area contributed by atoms with E-state index in [1.54, 1.807) is 43.3 Å². The van der Waals surface area contributed by atoms with E-state index >= 15 is 0 Å². The zero-order valence-corrected chi connectivity index (χ0v) is 25.5. The van der Waals surface area contributed by atoms with Gasteiger partial charge in [-0.1, -0.05) is 66.2 Å². The molecule has 0 aliphatic carbocycles. The molecule has 0 bridgehead atoms. The van der Waals surface area contributed by atoms with Gasteiger partial charge in [0.25, 0.3) is 10.0 Å². The Morgan fingerprint density at radius 2 is 1.40 bits per heavy atom. The number of benzene rings is 4. The maximum atomic E-state index is 14.0. The number of likely N-dealkylation sites (N-methyl/N-ethyl adjacent to an activating group) is 1. The van der Waals surface area contributed by atoms with Gasteiger partial charge in [-0.3, -0.25) is 13.9 Å². The van der Waals surface area contributed by atoms with Gasteiger partial charge in [0.05, 0.1) is 10.6 Å². The summed E-state index contributed by atoms with van der Waals surface area (Å²) in [5.41, 5.74) is 2.20. The van der Waals surface area contributed by atoms with E-state index in [0.717, 1.165) is 15.4 Å². The molecule has 1 N–H and O–H groups in total. The largest absolute Gasteiger partial charge is 0.457 e. The number of hydrogen-bond acceptors (Lipinski definition) is 5. The number of hydrogen-bond donors (Lipinski definition) is 1. The van der Waals surface area contributed by atoms with Gasteiger partial charge in [0.2, 0.25) is 11.8 Å². The predicted octanol–water partition coefficient (Wildman–Crippen LogP) is 5.58. The first-order valence-electron chi connectivity index (χ1n) is 14.2. The number of carbonyl (C=O) groups is 2. The summed E-state index contributed by atoms with van der Waals surface area (Å²) in [4.78, 5) is 28.3. The number of amides is 2. The number of ether oxygens (including phenoxy) is 1. The highest BCUT2D eigenvalue weighted by Crippen LogP contribution is 2.28. The first-order chi connectivity index (χ1) is 20.7. The second-order valence-corrected chi connectivity index (χ2v) is 12.0. The van der Waals surface area contributed by atoms with Crippen LogP contribution in [0.25, 0.3) is 0 Å². The average molecular weight is 600 g/mol. The number of carbonyl (C=O) groups excluding carboxylic acids is 2. The molecule has 0 saturated carbocycles. The molecule has 0 unspecified atom stereocenters. The highest BCUT2D eigenvalue weighted by atomic mass is 32.2. The van der Waals surface area contributed by atoms with Crippen LogP contribution in [0.4, 0.5) is 5.69 Å². The third kappa shape index (κ3) is 8.23. The molecule has 4 aromatic rings. The van der Waals surface area contributed by atoms with E-state index in [4.69, 9.17) is 4.74 Å². The Balaban J connectivity index is 1.66. The van der Waals surface area contributed by atoms with Gasteiger partial charge in [-0.05, 0) is 81.3 Å². The second kappa shape index (κ2) is 14.5.